The van der Waals surface area contributed by atoms with Crippen molar-refractivity contribution in [1.29, 1.82) is 0 Å². The van der Waals surface area contributed by atoms with Gasteiger partial charge in [0.15, 0.2) is 4.67 Å². The molecule has 1 aliphatic heterocycles. The average Bonchev–Trinajstić information content (AvgIpc) is 2.75. The standard InChI is InChI=1S/C13H21BrN2O/c1-2-9-16(11-5-7-15-8-6-11)10-12-3-4-13(14)17-12/h3-4,11,15H,2,5-10H2,1H3. The fraction of sp³-hybridized carbons (Fsp3) is 0.692. The summed E-state index contributed by atoms with van der Waals surface area (Å²) >= 11 is 3.36. The summed E-state index contributed by atoms with van der Waals surface area (Å²) in [4.78, 5) is 2.56. The van der Waals surface area contributed by atoms with Crippen molar-refractivity contribution >= 4 is 15.9 Å². The van der Waals surface area contributed by atoms with E-state index in [-0.39, 0.29) is 0 Å². The van der Waals surface area contributed by atoms with Gasteiger partial charge in [0.05, 0.1) is 6.54 Å². The van der Waals surface area contributed by atoms with Crippen LogP contribution < -0.4 is 5.32 Å². The summed E-state index contributed by atoms with van der Waals surface area (Å²) in [5.74, 6) is 1.06. The zero-order valence-electron chi connectivity index (χ0n) is 10.4. The van der Waals surface area contributed by atoms with Crippen LogP contribution in [0.2, 0.25) is 0 Å². The highest BCUT2D eigenvalue weighted by molar-refractivity contribution is 9.10. The SMILES string of the molecule is CCCN(Cc1ccc(Br)o1)C1CCNCC1. The molecular formula is C13H21BrN2O. The molecule has 0 bridgehead atoms. The first-order valence-electron chi connectivity index (χ1n) is 6.48. The summed E-state index contributed by atoms with van der Waals surface area (Å²) < 4.78 is 6.44. The van der Waals surface area contributed by atoms with E-state index >= 15 is 0 Å². The summed E-state index contributed by atoms with van der Waals surface area (Å²) in [5.41, 5.74) is 0. The van der Waals surface area contributed by atoms with Crippen LogP contribution in [0.25, 0.3) is 0 Å². The van der Waals surface area contributed by atoms with Gasteiger partial charge in [-0.15, -0.1) is 0 Å². The maximum absolute atomic E-state index is 5.61. The van der Waals surface area contributed by atoms with Crippen LogP contribution >= 0.6 is 15.9 Å². The van der Waals surface area contributed by atoms with Crippen LogP contribution in [0, 0.1) is 0 Å². The summed E-state index contributed by atoms with van der Waals surface area (Å²) in [6, 6.07) is 4.75. The molecule has 1 aliphatic rings. The maximum atomic E-state index is 5.61. The topological polar surface area (TPSA) is 28.4 Å². The van der Waals surface area contributed by atoms with E-state index in [9.17, 15) is 0 Å². The molecule has 0 amide bonds. The molecule has 0 aliphatic carbocycles. The highest BCUT2D eigenvalue weighted by Gasteiger charge is 2.21. The summed E-state index contributed by atoms with van der Waals surface area (Å²) in [7, 11) is 0. The van der Waals surface area contributed by atoms with Crippen LogP contribution in [0.15, 0.2) is 21.2 Å². The second kappa shape index (κ2) is 6.57. The first-order chi connectivity index (χ1) is 8.29. The normalized spacial score (nSPS) is 17.8. The first-order valence-corrected chi connectivity index (χ1v) is 7.28. The van der Waals surface area contributed by atoms with Gasteiger partial charge >= 0.3 is 0 Å². The Labute approximate surface area is 112 Å². The molecule has 0 unspecified atom stereocenters. The lowest BCUT2D eigenvalue weighted by Crippen LogP contribution is -2.43. The molecule has 4 heteroatoms. The molecule has 0 saturated carbocycles. The smallest absolute Gasteiger partial charge is 0.169 e. The Morgan fingerprint density at radius 1 is 1.41 bits per heavy atom. The Kier molecular flexibility index (Phi) is 5.07. The Bertz CT molecular complexity index is 334. The minimum atomic E-state index is 0.708. The van der Waals surface area contributed by atoms with Crippen molar-refractivity contribution in [3.63, 3.8) is 0 Å². The molecule has 0 atom stereocenters. The maximum Gasteiger partial charge on any atom is 0.169 e. The Balaban J connectivity index is 1.95. The van der Waals surface area contributed by atoms with Gasteiger partial charge in [-0.2, -0.15) is 0 Å². The second-order valence-corrected chi connectivity index (χ2v) is 5.44. The van der Waals surface area contributed by atoms with Crippen LogP contribution in [0.5, 0.6) is 0 Å². The molecule has 1 aromatic heterocycles. The van der Waals surface area contributed by atoms with Crippen LogP contribution in [0.1, 0.15) is 31.9 Å². The van der Waals surface area contributed by atoms with Crippen molar-refractivity contribution in [2.75, 3.05) is 19.6 Å². The van der Waals surface area contributed by atoms with Crippen molar-refractivity contribution < 1.29 is 4.42 Å². The number of halogens is 1. The number of piperidine rings is 1. The Morgan fingerprint density at radius 2 is 2.18 bits per heavy atom. The van der Waals surface area contributed by atoms with E-state index in [1.54, 1.807) is 0 Å². The average molecular weight is 301 g/mol. The molecule has 1 N–H and O–H groups in total. The zero-order chi connectivity index (χ0) is 12.1. The molecule has 0 aromatic carbocycles. The van der Waals surface area contributed by atoms with Gasteiger partial charge in [-0.3, -0.25) is 4.90 Å². The van der Waals surface area contributed by atoms with Gasteiger partial charge < -0.3 is 9.73 Å². The van der Waals surface area contributed by atoms with E-state index in [0.717, 1.165) is 36.6 Å². The first kappa shape index (κ1) is 13.1. The van der Waals surface area contributed by atoms with E-state index in [1.165, 1.54) is 19.3 Å². The number of nitrogens with zero attached hydrogens (tertiary/aromatic N) is 1. The molecule has 0 spiro atoms. The predicted molar refractivity (Wildman–Crippen MR) is 73.0 cm³/mol. The fourth-order valence-electron chi connectivity index (χ4n) is 2.49. The number of rotatable bonds is 5. The van der Waals surface area contributed by atoms with Crippen LogP contribution in [-0.4, -0.2) is 30.6 Å². The third-order valence-electron chi connectivity index (χ3n) is 3.32. The van der Waals surface area contributed by atoms with E-state index in [1.807, 2.05) is 6.07 Å². The summed E-state index contributed by atoms with van der Waals surface area (Å²) in [5, 5.41) is 3.42. The van der Waals surface area contributed by atoms with Crippen LogP contribution in [0.3, 0.4) is 0 Å². The lowest BCUT2D eigenvalue weighted by molar-refractivity contribution is 0.143. The monoisotopic (exact) mass is 300 g/mol. The highest BCUT2D eigenvalue weighted by Crippen LogP contribution is 2.19. The quantitative estimate of drug-likeness (QED) is 0.906. The van der Waals surface area contributed by atoms with Gasteiger partial charge in [0.1, 0.15) is 5.76 Å². The molecular weight excluding hydrogens is 280 g/mol. The van der Waals surface area contributed by atoms with Crippen molar-refractivity contribution in [1.82, 2.24) is 10.2 Å². The predicted octanol–water partition coefficient (Wildman–Crippen LogP) is 3.01. The molecule has 1 fully saturated rings. The Morgan fingerprint density at radius 3 is 2.76 bits per heavy atom. The van der Waals surface area contributed by atoms with E-state index in [2.05, 4.69) is 39.1 Å². The number of hydrogen-bond donors (Lipinski definition) is 1. The van der Waals surface area contributed by atoms with E-state index in [0.29, 0.717) is 6.04 Å². The number of furan rings is 1. The van der Waals surface area contributed by atoms with Crippen molar-refractivity contribution in [3.05, 3.63) is 22.6 Å². The second-order valence-electron chi connectivity index (χ2n) is 4.66. The van der Waals surface area contributed by atoms with Crippen molar-refractivity contribution in [2.24, 2.45) is 0 Å². The largest absolute Gasteiger partial charge is 0.453 e. The third-order valence-corrected chi connectivity index (χ3v) is 3.75. The van der Waals surface area contributed by atoms with E-state index < -0.39 is 0 Å². The van der Waals surface area contributed by atoms with Gasteiger partial charge in [-0.1, -0.05) is 6.92 Å². The molecule has 1 aromatic rings. The van der Waals surface area contributed by atoms with Crippen LogP contribution in [-0.2, 0) is 6.54 Å². The zero-order valence-corrected chi connectivity index (χ0v) is 12.0. The minimum absolute atomic E-state index is 0.708. The number of hydrogen-bond acceptors (Lipinski definition) is 3. The molecule has 2 rings (SSSR count). The molecule has 2 heterocycles. The summed E-state index contributed by atoms with van der Waals surface area (Å²) in [6.07, 6.45) is 3.70. The minimum Gasteiger partial charge on any atom is -0.453 e. The molecule has 17 heavy (non-hydrogen) atoms. The lowest BCUT2D eigenvalue weighted by atomic mass is 10.0. The van der Waals surface area contributed by atoms with Gasteiger partial charge in [0, 0.05) is 6.04 Å². The van der Waals surface area contributed by atoms with Crippen LogP contribution in [0.4, 0.5) is 0 Å². The lowest BCUT2D eigenvalue weighted by Gasteiger charge is -2.33. The molecule has 0 radical (unpaired) electrons. The summed E-state index contributed by atoms with van der Waals surface area (Å²) in [6.45, 7) is 6.62. The Hall–Kier alpha value is -0.320. The highest BCUT2D eigenvalue weighted by atomic mass is 79.9. The van der Waals surface area contributed by atoms with Gasteiger partial charge in [-0.25, -0.2) is 0 Å². The van der Waals surface area contributed by atoms with Crippen molar-refractivity contribution in [3.8, 4) is 0 Å². The number of nitrogens with one attached hydrogen (secondary N) is 1. The fourth-order valence-corrected chi connectivity index (χ4v) is 2.83. The van der Waals surface area contributed by atoms with Gasteiger partial charge in [0.2, 0.25) is 0 Å². The van der Waals surface area contributed by atoms with Crippen molar-refractivity contribution in [2.45, 2.75) is 38.8 Å². The third kappa shape index (κ3) is 3.83. The van der Waals surface area contributed by atoms with Gasteiger partial charge in [0.25, 0.3) is 0 Å². The molecule has 96 valence electrons. The van der Waals surface area contributed by atoms with E-state index in [4.69, 9.17) is 4.42 Å². The molecule has 1 saturated heterocycles. The van der Waals surface area contributed by atoms with Gasteiger partial charge in [-0.05, 0) is 67.0 Å². The molecule has 3 nitrogen and oxygen atoms in total.